The minimum absolute atomic E-state index is 0. The summed E-state index contributed by atoms with van der Waals surface area (Å²) >= 11 is 1.79. The van der Waals surface area contributed by atoms with Crippen LogP contribution in [0.25, 0.3) is 0 Å². The van der Waals surface area contributed by atoms with Crippen LogP contribution in [-0.2, 0) is 24.1 Å². The predicted octanol–water partition coefficient (Wildman–Crippen LogP) is 4.26. The first-order valence-electron chi connectivity index (χ1n) is 10.2. The molecule has 0 saturated carbocycles. The van der Waals surface area contributed by atoms with E-state index in [4.69, 9.17) is 14.5 Å². The van der Waals surface area contributed by atoms with Crippen molar-refractivity contribution in [3.8, 4) is 5.75 Å². The van der Waals surface area contributed by atoms with Gasteiger partial charge in [0.1, 0.15) is 5.75 Å². The average molecular weight is 547 g/mol. The third-order valence-corrected chi connectivity index (χ3v) is 5.62. The van der Waals surface area contributed by atoms with Gasteiger partial charge in [0.2, 0.25) is 0 Å². The highest BCUT2D eigenvalue weighted by atomic mass is 127. The van der Waals surface area contributed by atoms with Crippen LogP contribution in [0.1, 0.15) is 40.1 Å². The number of hydrogen-bond donors (Lipinski definition) is 2. The summed E-state index contributed by atoms with van der Waals surface area (Å²) in [6.45, 7) is 9.16. The molecular weight excluding hydrogens is 511 g/mol. The summed E-state index contributed by atoms with van der Waals surface area (Å²) in [7, 11) is 3.49. The van der Waals surface area contributed by atoms with Crippen LogP contribution in [0.5, 0.6) is 5.75 Å². The predicted molar refractivity (Wildman–Crippen MR) is 137 cm³/mol. The molecule has 0 unspecified atom stereocenters. The van der Waals surface area contributed by atoms with Crippen molar-refractivity contribution in [3.63, 3.8) is 0 Å². The summed E-state index contributed by atoms with van der Waals surface area (Å²) in [6.07, 6.45) is 2.76. The second-order valence-corrected chi connectivity index (χ2v) is 8.16. The maximum absolute atomic E-state index is 5.96. The fourth-order valence-corrected chi connectivity index (χ4v) is 3.96. The lowest BCUT2D eigenvalue weighted by atomic mass is 10.1. The van der Waals surface area contributed by atoms with Gasteiger partial charge < -0.3 is 20.1 Å². The number of thiazole rings is 1. The molecular formula is C22H35IN4O2S. The van der Waals surface area contributed by atoms with Crippen molar-refractivity contribution in [2.24, 2.45) is 4.99 Å². The first kappa shape index (κ1) is 26.6. The van der Waals surface area contributed by atoms with Gasteiger partial charge in [0, 0.05) is 57.1 Å². The Morgan fingerprint density at radius 3 is 2.67 bits per heavy atom. The molecule has 0 aliphatic heterocycles. The van der Waals surface area contributed by atoms with Gasteiger partial charge in [0.15, 0.2) is 5.96 Å². The van der Waals surface area contributed by atoms with Crippen LogP contribution in [0.2, 0.25) is 0 Å². The van der Waals surface area contributed by atoms with Crippen molar-refractivity contribution in [2.75, 3.05) is 33.9 Å². The van der Waals surface area contributed by atoms with E-state index in [1.807, 2.05) is 0 Å². The van der Waals surface area contributed by atoms with Gasteiger partial charge >= 0.3 is 0 Å². The Labute approximate surface area is 201 Å². The normalized spacial score (nSPS) is 11.2. The molecule has 0 radical (unpaired) electrons. The van der Waals surface area contributed by atoms with Crippen LogP contribution in [0.15, 0.2) is 23.2 Å². The SMILES string of the molecule is CCc1nc(CCNC(=NC)NCc2ccc(C)cc2OCCCOC)sc1C.I. The molecule has 0 spiro atoms. The third-order valence-electron chi connectivity index (χ3n) is 4.55. The Kier molecular flexibility index (Phi) is 13.0. The van der Waals surface area contributed by atoms with Crippen LogP contribution < -0.4 is 15.4 Å². The summed E-state index contributed by atoms with van der Waals surface area (Å²) in [5.74, 6) is 1.69. The zero-order chi connectivity index (χ0) is 21.1. The van der Waals surface area contributed by atoms with Crippen molar-refractivity contribution in [1.29, 1.82) is 0 Å². The number of halogens is 1. The fraction of sp³-hybridized carbons (Fsp3) is 0.545. The molecule has 1 heterocycles. The van der Waals surface area contributed by atoms with Gasteiger partial charge in [-0.2, -0.15) is 0 Å². The van der Waals surface area contributed by atoms with Gasteiger partial charge in [0.05, 0.1) is 17.3 Å². The van der Waals surface area contributed by atoms with Gasteiger partial charge in [0.25, 0.3) is 0 Å². The number of nitrogens with zero attached hydrogens (tertiary/aromatic N) is 2. The molecule has 0 saturated heterocycles. The topological polar surface area (TPSA) is 67.8 Å². The van der Waals surface area contributed by atoms with Gasteiger partial charge in [-0.15, -0.1) is 35.3 Å². The molecule has 2 rings (SSSR count). The average Bonchev–Trinajstić information content (AvgIpc) is 3.08. The summed E-state index contributed by atoms with van der Waals surface area (Å²) in [5, 5.41) is 7.93. The molecule has 1 aromatic heterocycles. The summed E-state index contributed by atoms with van der Waals surface area (Å²) in [4.78, 5) is 10.3. The second kappa shape index (κ2) is 14.6. The number of aromatic nitrogens is 1. The molecule has 0 bridgehead atoms. The molecule has 0 amide bonds. The largest absolute Gasteiger partial charge is 0.493 e. The van der Waals surface area contributed by atoms with Crippen molar-refractivity contribution < 1.29 is 9.47 Å². The number of aliphatic imine (C=N–C) groups is 1. The Balaban J connectivity index is 0.00000450. The van der Waals surface area contributed by atoms with Crippen molar-refractivity contribution in [3.05, 3.63) is 44.9 Å². The van der Waals surface area contributed by atoms with Crippen LogP contribution in [-0.4, -0.2) is 44.9 Å². The molecule has 168 valence electrons. The summed E-state index contributed by atoms with van der Waals surface area (Å²) < 4.78 is 11.1. The Bertz CT molecular complexity index is 795. The van der Waals surface area contributed by atoms with Crippen LogP contribution in [0.3, 0.4) is 0 Å². The monoisotopic (exact) mass is 546 g/mol. The lowest BCUT2D eigenvalue weighted by molar-refractivity contribution is 0.172. The van der Waals surface area contributed by atoms with Crippen LogP contribution in [0.4, 0.5) is 0 Å². The molecule has 1 aromatic carbocycles. The zero-order valence-electron chi connectivity index (χ0n) is 18.7. The number of hydrogen-bond acceptors (Lipinski definition) is 5. The van der Waals surface area contributed by atoms with E-state index in [-0.39, 0.29) is 24.0 Å². The lowest BCUT2D eigenvalue weighted by Gasteiger charge is -2.15. The Morgan fingerprint density at radius 1 is 1.20 bits per heavy atom. The molecule has 0 aliphatic rings. The second-order valence-electron chi connectivity index (χ2n) is 6.87. The lowest BCUT2D eigenvalue weighted by Crippen LogP contribution is -2.37. The summed E-state index contributed by atoms with van der Waals surface area (Å²) in [5.41, 5.74) is 3.51. The number of aryl methyl sites for hydroxylation is 3. The molecule has 2 N–H and O–H groups in total. The first-order valence-corrected chi connectivity index (χ1v) is 11.0. The van der Waals surface area contributed by atoms with E-state index in [9.17, 15) is 0 Å². The van der Waals surface area contributed by atoms with Crippen molar-refractivity contribution in [2.45, 2.75) is 46.6 Å². The molecule has 8 heteroatoms. The van der Waals surface area contributed by atoms with E-state index < -0.39 is 0 Å². The highest BCUT2D eigenvalue weighted by Gasteiger charge is 2.08. The number of ether oxygens (including phenoxy) is 2. The van der Waals surface area contributed by atoms with Crippen molar-refractivity contribution >= 4 is 41.3 Å². The molecule has 0 fully saturated rings. The maximum Gasteiger partial charge on any atom is 0.191 e. The fourth-order valence-electron chi connectivity index (χ4n) is 2.94. The van der Waals surface area contributed by atoms with Gasteiger partial charge in [-0.1, -0.05) is 19.1 Å². The Hall–Kier alpha value is -1.39. The van der Waals surface area contributed by atoms with E-state index in [0.29, 0.717) is 19.8 Å². The van der Waals surface area contributed by atoms with Crippen molar-refractivity contribution in [1.82, 2.24) is 15.6 Å². The minimum atomic E-state index is 0. The van der Waals surface area contributed by atoms with E-state index in [2.05, 4.69) is 54.6 Å². The quantitative estimate of drug-likeness (QED) is 0.191. The highest BCUT2D eigenvalue weighted by molar-refractivity contribution is 14.0. The van der Waals surface area contributed by atoms with Gasteiger partial charge in [-0.05, 0) is 31.9 Å². The minimum Gasteiger partial charge on any atom is -0.493 e. The number of benzene rings is 1. The van der Waals surface area contributed by atoms with Gasteiger partial charge in [-0.25, -0.2) is 4.98 Å². The van der Waals surface area contributed by atoms with Crippen LogP contribution >= 0.6 is 35.3 Å². The maximum atomic E-state index is 5.96. The summed E-state index contributed by atoms with van der Waals surface area (Å²) in [6, 6.07) is 6.29. The molecule has 6 nitrogen and oxygen atoms in total. The number of guanidine groups is 1. The van der Waals surface area contributed by atoms with E-state index in [1.54, 1.807) is 25.5 Å². The standard InChI is InChI=1S/C22H34N4O2S.HI/c1-6-19-17(3)29-21(26-19)10-11-24-22(23-4)25-15-18-9-8-16(2)14-20(18)28-13-7-12-27-5;/h8-9,14H,6-7,10-13,15H2,1-5H3,(H2,23,24,25);1H. The van der Waals surface area contributed by atoms with E-state index >= 15 is 0 Å². The molecule has 0 atom stereocenters. The molecule has 2 aromatic rings. The Morgan fingerprint density at radius 2 is 2.00 bits per heavy atom. The van der Waals surface area contributed by atoms with E-state index in [0.717, 1.165) is 43.1 Å². The molecule has 30 heavy (non-hydrogen) atoms. The molecule has 0 aliphatic carbocycles. The first-order chi connectivity index (χ1) is 14.1. The van der Waals surface area contributed by atoms with E-state index in [1.165, 1.54) is 21.1 Å². The smallest absolute Gasteiger partial charge is 0.191 e. The van der Waals surface area contributed by atoms with Gasteiger partial charge in [-0.3, -0.25) is 4.99 Å². The van der Waals surface area contributed by atoms with Crippen LogP contribution in [0, 0.1) is 13.8 Å². The highest BCUT2D eigenvalue weighted by Crippen LogP contribution is 2.21. The zero-order valence-corrected chi connectivity index (χ0v) is 21.9. The third kappa shape index (κ3) is 8.77. The number of methoxy groups -OCH3 is 1. The number of nitrogens with one attached hydrogen (secondary N) is 2. The number of rotatable bonds is 11.